The monoisotopic (exact) mass is 486 g/mol. The predicted octanol–water partition coefficient (Wildman–Crippen LogP) is 5.85. The number of methoxy groups -OCH3 is 2. The first-order chi connectivity index (χ1) is 16.0. The van der Waals surface area contributed by atoms with Gasteiger partial charge in [-0.2, -0.15) is 0 Å². The normalized spacial score (nSPS) is 14.8. The molecule has 33 heavy (non-hydrogen) atoms. The molecule has 2 aromatic carbocycles. The quantitative estimate of drug-likeness (QED) is 0.402. The van der Waals surface area contributed by atoms with Crippen LogP contribution in [0.3, 0.4) is 0 Å². The summed E-state index contributed by atoms with van der Waals surface area (Å²) in [5.74, 6) is 1.78. The van der Waals surface area contributed by atoms with Gasteiger partial charge >= 0.3 is 0 Å². The lowest BCUT2D eigenvalue weighted by Gasteiger charge is -2.19. The average molecular weight is 487 g/mol. The number of thioether (sulfide) groups is 1. The summed E-state index contributed by atoms with van der Waals surface area (Å²) >= 11 is 7.87. The summed E-state index contributed by atoms with van der Waals surface area (Å²) in [4.78, 5) is 13.0. The van der Waals surface area contributed by atoms with Crippen LogP contribution < -0.4 is 14.8 Å². The van der Waals surface area contributed by atoms with Crippen LogP contribution in [0.25, 0.3) is 11.4 Å². The van der Waals surface area contributed by atoms with Gasteiger partial charge in [0, 0.05) is 23.4 Å². The Balaban J connectivity index is 1.56. The van der Waals surface area contributed by atoms with Crippen LogP contribution in [0.5, 0.6) is 11.5 Å². The number of halogens is 1. The van der Waals surface area contributed by atoms with Crippen molar-refractivity contribution in [3.63, 3.8) is 0 Å². The Morgan fingerprint density at radius 3 is 2.55 bits per heavy atom. The van der Waals surface area contributed by atoms with E-state index < -0.39 is 0 Å². The van der Waals surface area contributed by atoms with Gasteiger partial charge in [0.2, 0.25) is 5.91 Å². The highest BCUT2D eigenvalue weighted by molar-refractivity contribution is 8.00. The highest BCUT2D eigenvalue weighted by atomic mass is 35.5. The topological polar surface area (TPSA) is 78.3 Å². The Morgan fingerprint density at radius 1 is 1.12 bits per heavy atom. The van der Waals surface area contributed by atoms with Crippen LogP contribution in [0.15, 0.2) is 47.6 Å². The minimum absolute atomic E-state index is 0.132. The molecule has 7 nitrogen and oxygen atoms in total. The molecule has 1 atom stereocenters. The summed E-state index contributed by atoms with van der Waals surface area (Å²) in [7, 11) is 3.14. The third kappa shape index (κ3) is 5.12. The molecule has 1 amide bonds. The summed E-state index contributed by atoms with van der Waals surface area (Å²) in [6.07, 6.45) is 4.47. The maximum atomic E-state index is 13.0. The zero-order valence-electron chi connectivity index (χ0n) is 18.9. The van der Waals surface area contributed by atoms with Crippen molar-refractivity contribution in [1.82, 2.24) is 14.8 Å². The van der Waals surface area contributed by atoms with Crippen LogP contribution in [0.4, 0.5) is 5.69 Å². The summed E-state index contributed by atoms with van der Waals surface area (Å²) < 4.78 is 12.8. The lowest BCUT2D eigenvalue weighted by Crippen LogP contribution is -2.23. The van der Waals surface area contributed by atoms with Crippen molar-refractivity contribution in [3.05, 3.63) is 47.5 Å². The molecule has 1 N–H and O–H groups in total. The third-order valence-corrected chi connectivity index (χ3v) is 7.16. The molecule has 0 spiro atoms. The highest BCUT2D eigenvalue weighted by Gasteiger charge is 2.28. The number of carbonyl (C=O) groups excluding carboxylic acids is 1. The number of hydrogen-bond acceptors (Lipinski definition) is 6. The predicted molar refractivity (Wildman–Crippen MR) is 131 cm³/mol. The minimum Gasteiger partial charge on any atom is -0.493 e. The van der Waals surface area contributed by atoms with Crippen molar-refractivity contribution in [2.45, 2.75) is 49.1 Å². The first-order valence-electron chi connectivity index (χ1n) is 10.9. The molecule has 3 aromatic rings. The van der Waals surface area contributed by atoms with Gasteiger partial charge in [0.1, 0.15) is 0 Å². The van der Waals surface area contributed by atoms with Gasteiger partial charge in [0.25, 0.3) is 0 Å². The maximum absolute atomic E-state index is 13.0. The lowest BCUT2D eigenvalue weighted by molar-refractivity contribution is -0.115. The zero-order chi connectivity index (χ0) is 23.4. The number of amides is 1. The molecule has 1 aliphatic carbocycles. The van der Waals surface area contributed by atoms with Crippen LogP contribution in [-0.2, 0) is 4.79 Å². The largest absolute Gasteiger partial charge is 0.493 e. The van der Waals surface area contributed by atoms with Crippen LogP contribution in [0.2, 0.25) is 5.02 Å². The smallest absolute Gasteiger partial charge is 0.237 e. The molecule has 0 radical (unpaired) electrons. The van der Waals surface area contributed by atoms with Crippen molar-refractivity contribution in [3.8, 4) is 22.9 Å². The summed E-state index contributed by atoms with van der Waals surface area (Å²) in [6, 6.07) is 13.3. The number of rotatable bonds is 8. The second-order valence-electron chi connectivity index (χ2n) is 7.91. The molecule has 0 bridgehead atoms. The van der Waals surface area contributed by atoms with E-state index >= 15 is 0 Å². The Labute approximate surface area is 202 Å². The van der Waals surface area contributed by atoms with E-state index in [0.29, 0.717) is 28.3 Å². The molecule has 1 aromatic heterocycles. The van der Waals surface area contributed by atoms with E-state index in [1.165, 1.54) is 24.6 Å². The fourth-order valence-electron chi connectivity index (χ4n) is 4.04. The van der Waals surface area contributed by atoms with Gasteiger partial charge in [0.15, 0.2) is 22.5 Å². The first-order valence-corrected chi connectivity index (χ1v) is 12.2. The van der Waals surface area contributed by atoms with Crippen molar-refractivity contribution in [2.75, 3.05) is 19.5 Å². The van der Waals surface area contributed by atoms with Crippen LogP contribution in [0, 0.1) is 0 Å². The Kier molecular flexibility index (Phi) is 7.45. The number of hydrogen-bond donors (Lipinski definition) is 1. The number of carbonyl (C=O) groups is 1. The minimum atomic E-state index is -0.387. The van der Waals surface area contributed by atoms with Crippen molar-refractivity contribution >= 4 is 35.0 Å². The maximum Gasteiger partial charge on any atom is 0.237 e. The molecule has 174 valence electrons. The second-order valence-corrected chi connectivity index (χ2v) is 9.63. The van der Waals surface area contributed by atoms with Gasteiger partial charge in [-0.15, -0.1) is 10.2 Å². The number of nitrogens with one attached hydrogen (secondary N) is 1. The molecule has 1 aliphatic rings. The number of ether oxygens (including phenoxy) is 2. The van der Waals surface area contributed by atoms with Gasteiger partial charge in [-0.3, -0.25) is 9.36 Å². The molecule has 1 heterocycles. The summed E-state index contributed by atoms with van der Waals surface area (Å²) in [5.41, 5.74) is 1.49. The Morgan fingerprint density at radius 2 is 1.85 bits per heavy atom. The van der Waals surface area contributed by atoms with E-state index in [1.54, 1.807) is 32.4 Å². The van der Waals surface area contributed by atoms with E-state index in [1.807, 2.05) is 31.2 Å². The molecule has 9 heteroatoms. The molecule has 1 saturated carbocycles. The van der Waals surface area contributed by atoms with E-state index in [4.69, 9.17) is 21.1 Å². The standard InChI is InChI=1S/C24H27ClN4O3S/c1-15(23(30)26-16-12-13-20(31-2)21(14-16)32-3)33-24-28-27-22(18-10-6-7-11-19(18)25)29(24)17-8-4-5-9-17/h6-7,10-15,17H,4-5,8-9H2,1-3H3,(H,26,30). The first kappa shape index (κ1) is 23.4. The van der Waals surface area contributed by atoms with E-state index in [9.17, 15) is 4.79 Å². The Bertz CT molecular complexity index is 1130. The summed E-state index contributed by atoms with van der Waals surface area (Å²) in [6.45, 7) is 1.86. The van der Waals surface area contributed by atoms with Gasteiger partial charge in [-0.05, 0) is 44.0 Å². The molecular formula is C24H27ClN4O3S. The van der Waals surface area contributed by atoms with Crippen molar-refractivity contribution in [1.29, 1.82) is 0 Å². The number of benzene rings is 2. The zero-order valence-corrected chi connectivity index (χ0v) is 20.4. The molecule has 0 saturated heterocycles. The fourth-order valence-corrected chi connectivity index (χ4v) is 5.18. The second kappa shape index (κ2) is 10.5. The van der Waals surface area contributed by atoms with E-state index in [-0.39, 0.29) is 11.2 Å². The summed E-state index contributed by atoms with van der Waals surface area (Å²) in [5, 5.41) is 12.9. The van der Waals surface area contributed by atoms with Crippen LogP contribution in [0.1, 0.15) is 38.6 Å². The number of anilines is 1. The van der Waals surface area contributed by atoms with Gasteiger partial charge in [0.05, 0.1) is 24.5 Å². The fraction of sp³-hybridized carbons (Fsp3) is 0.375. The SMILES string of the molecule is COc1ccc(NC(=O)C(C)Sc2nnc(-c3ccccc3Cl)n2C2CCCC2)cc1OC. The molecule has 1 unspecified atom stereocenters. The van der Waals surface area contributed by atoms with Gasteiger partial charge in [-0.1, -0.05) is 48.3 Å². The number of nitrogens with zero attached hydrogens (tertiary/aromatic N) is 3. The van der Waals surface area contributed by atoms with Crippen LogP contribution >= 0.6 is 23.4 Å². The third-order valence-electron chi connectivity index (χ3n) is 5.77. The van der Waals surface area contributed by atoms with Crippen molar-refractivity contribution in [2.24, 2.45) is 0 Å². The Hall–Kier alpha value is -2.71. The molecule has 4 rings (SSSR count). The van der Waals surface area contributed by atoms with E-state index in [0.717, 1.165) is 29.4 Å². The highest BCUT2D eigenvalue weighted by Crippen LogP contribution is 2.39. The van der Waals surface area contributed by atoms with E-state index in [2.05, 4.69) is 20.1 Å². The molecule has 0 aliphatic heterocycles. The molecular weight excluding hydrogens is 460 g/mol. The lowest BCUT2D eigenvalue weighted by atomic mass is 10.2. The van der Waals surface area contributed by atoms with Gasteiger partial charge < -0.3 is 14.8 Å². The average Bonchev–Trinajstić information content (AvgIpc) is 3.49. The van der Waals surface area contributed by atoms with Crippen molar-refractivity contribution < 1.29 is 14.3 Å². The van der Waals surface area contributed by atoms with Crippen LogP contribution in [-0.4, -0.2) is 40.1 Å². The van der Waals surface area contributed by atoms with Gasteiger partial charge in [-0.25, -0.2) is 0 Å². The molecule has 1 fully saturated rings. The number of aromatic nitrogens is 3.